The molecule has 0 aliphatic heterocycles. The van der Waals surface area contributed by atoms with Crippen molar-refractivity contribution in [2.75, 3.05) is 7.05 Å². The van der Waals surface area contributed by atoms with Gasteiger partial charge in [-0.3, -0.25) is 9.48 Å². The van der Waals surface area contributed by atoms with Crippen molar-refractivity contribution < 1.29 is 4.79 Å². The number of imidazole rings is 1. The van der Waals surface area contributed by atoms with Crippen LogP contribution >= 0.6 is 0 Å². The number of carbonyl (C=O) groups is 1. The molecule has 0 saturated carbocycles. The number of hydrogen-bond acceptors (Lipinski definition) is 4. The van der Waals surface area contributed by atoms with Gasteiger partial charge in [0.25, 0.3) is 5.91 Å². The van der Waals surface area contributed by atoms with Crippen LogP contribution in [0.4, 0.5) is 0 Å². The Bertz CT molecular complexity index is 1190. The average Bonchev–Trinajstić information content (AvgIpc) is 3.31. The molecule has 160 valence electrons. The SMILES string of the molecule is Cc1nn(C)cc1C(C)NCc1c(C(=O)N(C)Cc2ccccc2)nc2ccccn12. The van der Waals surface area contributed by atoms with Crippen molar-refractivity contribution in [2.45, 2.75) is 33.0 Å². The zero-order valence-electron chi connectivity index (χ0n) is 18.4. The molecule has 31 heavy (non-hydrogen) atoms. The number of aromatic nitrogens is 4. The summed E-state index contributed by atoms with van der Waals surface area (Å²) in [6, 6.07) is 15.9. The first-order valence-corrected chi connectivity index (χ1v) is 10.4. The summed E-state index contributed by atoms with van der Waals surface area (Å²) in [5, 5.41) is 7.98. The number of benzene rings is 1. The lowest BCUT2D eigenvalue weighted by Gasteiger charge is -2.18. The molecule has 0 radical (unpaired) electrons. The molecule has 7 nitrogen and oxygen atoms in total. The summed E-state index contributed by atoms with van der Waals surface area (Å²) >= 11 is 0. The number of carbonyl (C=O) groups excluding carboxylic acids is 1. The first-order valence-electron chi connectivity index (χ1n) is 10.4. The van der Waals surface area contributed by atoms with Crippen molar-refractivity contribution in [2.24, 2.45) is 7.05 Å². The van der Waals surface area contributed by atoms with Gasteiger partial charge in [-0.05, 0) is 31.5 Å². The lowest BCUT2D eigenvalue weighted by Crippen LogP contribution is -2.29. The third kappa shape index (κ3) is 4.36. The number of amides is 1. The van der Waals surface area contributed by atoms with Crippen molar-refractivity contribution in [3.63, 3.8) is 0 Å². The predicted octanol–water partition coefficient (Wildman–Crippen LogP) is 3.50. The van der Waals surface area contributed by atoms with Gasteiger partial charge < -0.3 is 14.6 Å². The first-order chi connectivity index (χ1) is 14.9. The fraction of sp³-hybridized carbons (Fsp3) is 0.292. The topological polar surface area (TPSA) is 67.5 Å². The van der Waals surface area contributed by atoms with E-state index in [0.717, 1.165) is 28.2 Å². The second-order valence-electron chi connectivity index (χ2n) is 7.93. The molecule has 1 amide bonds. The maximum Gasteiger partial charge on any atom is 0.274 e. The largest absolute Gasteiger partial charge is 0.336 e. The van der Waals surface area contributed by atoms with Gasteiger partial charge in [0.2, 0.25) is 0 Å². The molecule has 4 rings (SSSR count). The lowest BCUT2D eigenvalue weighted by atomic mass is 10.1. The van der Waals surface area contributed by atoms with E-state index in [1.807, 2.05) is 91.0 Å². The van der Waals surface area contributed by atoms with Gasteiger partial charge in [-0.15, -0.1) is 0 Å². The van der Waals surface area contributed by atoms with Gasteiger partial charge in [-0.2, -0.15) is 5.10 Å². The molecule has 0 aliphatic carbocycles. The molecule has 0 aliphatic rings. The highest BCUT2D eigenvalue weighted by Crippen LogP contribution is 2.19. The van der Waals surface area contributed by atoms with E-state index in [4.69, 9.17) is 0 Å². The molecule has 0 spiro atoms. The molecular formula is C24H28N6O. The second kappa shape index (κ2) is 8.73. The van der Waals surface area contributed by atoms with E-state index in [9.17, 15) is 4.79 Å². The Hall–Kier alpha value is -3.45. The zero-order chi connectivity index (χ0) is 22.0. The summed E-state index contributed by atoms with van der Waals surface area (Å²) in [7, 11) is 3.74. The average molecular weight is 417 g/mol. The summed E-state index contributed by atoms with van der Waals surface area (Å²) in [5.74, 6) is -0.0884. The number of rotatable bonds is 7. The Balaban J connectivity index is 1.59. The van der Waals surface area contributed by atoms with Crippen LogP contribution < -0.4 is 5.32 Å². The van der Waals surface area contributed by atoms with Crippen LogP contribution in [0.25, 0.3) is 5.65 Å². The second-order valence-corrected chi connectivity index (χ2v) is 7.93. The highest BCUT2D eigenvalue weighted by atomic mass is 16.2. The molecule has 7 heteroatoms. The monoisotopic (exact) mass is 416 g/mol. The molecular weight excluding hydrogens is 388 g/mol. The molecule has 0 fully saturated rings. The number of pyridine rings is 1. The van der Waals surface area contributed by atoms with E-state index in [0.29, 0.717) is 18.8 Å². The molecule has 1 atom stereocenters. The Labute approximate surface area is 182 Å². The first kappa shape index (κ1) is 20.8. The minimum absolute atomic E-state index is 0.0884. The summed E-state index contributed by atoms with van der Waals surface area (Å²) in [6.07, 6.45) is 3.98. The molecule has 4 aromatic rings. The van der Waals surface area contributed by atoms with Crippen LogP contribution in [0, 0.1) is 6.92 Å². The van der Waals surface area contributed by atoms with Gasteiger partial charge in [-0.1, -0.05) is 36.4 Å². The number of hydrogen-bond donors (Lipinski definition) is 1. The highest BCUT2D eigenvalue weighted by molar-refractivity contribution is 5.94. The van der Waals surface area contributed by atoms with Crippen molar-refractivity contribution >= 4 is 11.6 Å². The van der Waals surface area contributed by atoms with Crippen LogP contribution in [0.15, 0.2) is 60.9 Å². The number of nitrogens with zero attached hydrogens (tertiary/aromatic N) is 5. The molecule has 3 aromatic heterocycles. The predicted molar refractivity (Wildman–Crippen MR) is 121 cm³/mol. The van der Waals surface area contributed by atoms with Gasteiger partial charge in [0.05, 0.1) is 11.4 Å². The molecule has 3 heterocycles. The lowest BCUT2D eigenvalue weighted by molar-refractivity contribution is 0.0778. The van der Waals surface area contributed by atoms with E-state index in [-0.39, 0.29) is 11.9 Å². The quantitative estimate of drug-likeness (QED) is 0.501. The van der Waals surface area contributed by atoms with E-state index in [2.05, 4.69) is 22.3 Å². The fourth-order valence-electron chi connectivity index (χ4n) is 3.90. The Morgan fingerprint density at radius 3 is 2.61 bits per heavy atom. The molecule has 0 bridgehead atoms. The van der Waals surface area contributed by atoms with Crippen molar-refractivity contribution in [1.82, 2.24) is 29.4 Å². The third-order valence-electron chi connectivity index (χ3n) is 5.53. The third-order valence-corrected chi connectivity index (χ3v) is 5.53. The van der Waals surface area contributed by atoms with E-state index in [1.54, 1.807) is 4.90 Å². The van der Waals surface area contributed by atoms with Crippen LogP contribution in [0.5, 0.6) is 0 Å². The van der Waals surface area contributed by atoms with Crippen molar-refractivity contribution in [3.05, 3.63) is 89.1 Å². The number of fused-ring (bicyclic) bond motifs is 1. The van der Waals surface area contributed by atoms with Gasteiger partial charge in [-0.25, -0.2) is 4.98 Å². The van der Waals surface area contributed by atoms with Gasteiger partial charge in [0.1, 0.15) is 5.65 Å². The number of aryl methyl sites for hydroxylation is 2. The van der Waals surface area contributed by atoms with Gasteiger partial charge in [0, 0.05) is 51.2 Å². The van der Waals surface area contributed by atoms with Crippen LogP contribution in [-0.4, -0.2) is 37.0 Å². The maximum absolute atomic E-state index is 13.3. The Morgan fingerprint density at radius 2 is 1.90 bits per heavy atom. The van der Waals surface area contributed by atoms with E-state index in [1.165, 1.54) is 0 Å². The molecule has 1 unspecified atom stereocenters. The van der Waals surface area contributed by atoms with Crippen LogP contribution in [0.2, 0.25) is 0 Å². The Kier molecular flexibility index (Phi) is 5.86. The standard InChI is InChI=1S/C24H28N6O/c1-17(20-16-29(4)27-18(20)2)25-14-21-23(26-22-12-8-9-13-30(21)22)24(31)28(3)15-19-10-6-5-7-11-19/h5-13,16-17,25H,14-15H2,1-4H3. The summed E-state index contributed by atoms with van der Waals surface area (Å²) in [6.45, 7) is 5.16. The van der Waals surface area contributed by atoms with Gasteiger partial charge in [0.15, 0.2) is 5.69 Å². The van der Waals surface area contributed by atoms with E-state index >= 15 is 0 Å². The molecule has 1 aromatic carbocycles. The molecule has 1 N–H and O–H groups in total. The van der Waals surface area contributed by atoms with E-state index < -0.39 is 0 Å². The highest BCUT2D eigenvalue weighted by Gasteiger charge is 2.23. The summed E-state index contributed by atoms with van der Waals surface area (Å²) in [4.78, 5) is 19.7. The van der Waals surface area contributed by atoms with Crippen LogP contribution in [-0.2, 0) is 20.1 Å². The van der Waals surface area contributed by atoms with Crippen LogP contribution in [0.1, 0.15) is 46.0 Å². The normalized spacial score (nSPS) is 12.3. The minimum atomic E-state index is -0.0884. The summed E-state index contributed by atoms with van der Waals surface area (Å²) in [5.41, 5.74) is 5.33. The Morgan fingerprint density at radius 1 is 1.16 bits per heavy atom. The maximum atomic E-state index is 13.3. The number of nitrogens with one attached hydrogen (secondary N) is 1. The van der Waals surface area contributed by atoms with Crippen molar-refractivity contribution in [1.29, 1.82) is 0 Å². The zero-order valence-corrected chi connectivity index (χ0v) is 18.4. The molecule has 0 saturated heterocycles. The smallest absolute Gasteiger partial charge is 0.274 e. The summed E-state index contributed by atoms with van der Waals surface area (Å²) < 4.78 is 3.81. The van der Waals surface area contributed by atoms with Crippen molar-refractivity contribution in [3.8, 4) is 0 Å². The van der Waals surface area contributed by atoms with Gasteiger partial charge >= 0.3 is 0 Å². The fourth-order valence-corrected chi connectivity index (χ4v) is 3.90. The van der Waals surface area contributed by atoms with Crippen LogP contribution in [0.3, 0.4) is 0 Å². The minimum Gasteiger partial charge on any atom is -0.336 e.